The van der Waals surface area contributed by atoms with Gasteiger partial charge in [0.05, 0.1) is 12.3 Å². The molecule has 0 saturated carbocycles. The molecule has 1 atom stereocenters. The summed E-state index contributed by atoms with van der Waals surface area (Å²) in [7, 11) is 0. The van der Waals surface area contributed by atoms with Crippen LogP contribution in [0.15, 0.2) is 6.20 Å². The van der Waals surface area contributed by atoms with Gasteiger partial charge in [-0.05, 0) is 12.8 Å². The van der Waals surface area contributed by atoms with Crippen LogP contribution in [-0.2, 0) is 0 Å². The second-order valence-electron chi connectivity index (χ2n) is 3.76. The maximum absolute atomic E-state index is 13.3. The molecule has 0 aliphatic rings. The first-order valence-electron chi connectivity index (χ1n) is 5.85. The first-order chi connectivity index (χ1) is 8.17. The first kappa shape index (κ1) is 13.6. The lowest BCUT2D eigenvalue weighted by Gasteiger charge is -2.11. The lowest BCUT2D eigenvalue weighted by atomic mass is 10.3. The minimum Gasteiger partial charge on any atom is -0.391 e. The molecule has 0 radical (unpaired) electrons. The fourth-order valence-corrected chi connectivity index (χ4v) is 1.17. The highest BCUT2D eigenvalue weighted by Gasteiger charge is 2.08. The van der Waals surface area contributed by atoms with Crippen molar-refractivity contribution in [2.24, 2.45) is 0 Å². The van der Waals surface area contributed by atoms with Crippen molar-refractivity contribution in [3.05, 3.63) is 12.0 Å². The van der Waals surface area contributed by atoms with Gasteiger partial charge in [-0.25, -0.2) is 9.37 Å². The molecule has 0 saturated heterocycles. The Hall–Kier alpha value is -1.43. The predicted octanol–water partition coefficient (Wildman–Crippen LogP) is 1.62. The smallest absolute Gasteiger partial charge is 0.224 e. The lowest BCUT2D eigenvalue weighted by molar-refractivity contribution is 0.183. The van der Waals surface area contributed by atoms with Gasteiger partial charge in [-0.1, -0.05) is 13.8 Å². The van der Waals surface area contributed by atoms with E-state index in [-0.39, 0.29) is 12.4 Å². The third-order valence-corrected chi connectivity index (χ3v) is 2.25. The number of aliphatic hydroxyl groups excluding tert-OH is 1. The Bertz CT molecular complexity index is 348. The topological polar surface area (TPSA) is 70.1 Å². The number of nitrogens with one attached hydrogen (secondary N) is 2. The van der Waals surface area contributed by atoms with Crippen LogP contribution >= 0.6 is 0 Å². The first-order valence-corrected chi connectivity index (χ1v) is 5.85. The van der Waals surface area contributed by atoms with Crippen molar-refractivity contribution in [3.8, 4) is 0 Å². The molecule has 1 rings (SSSR count). The number of aromatic nitrogens is 2. The van der Waals surface area contributed by atoms with Crippen LogP contribution in [0.4, 0.5) is 16.2 Å². The Kier molecular flexibility index (Phi) is 5.62. The summed E-state index contributed by atoms with van der Waals surface area (Å²) in [6.07, 6.45) is 2.17. The summed E-state index contributed by atoms with van der Waals surface area (Å²) in [6, 6.07) is 0. The summed E-state index contributed by atoms with van der Waals surface area (Å²) >= 11 is 0. The minimum absolute atomic E-state index is 0.117. The van der Waals surface area contributed by atoms with Crippen molar-refractivity contribution in [3.63, 3.8) is 0 Å². The van der Waals surface area contributed by atoms with E-state index in [4.69, 9.17) is 0 Å². The van der Waals surface area contributed by atoms with E-state index >= 15 is 0 Å². The number of hydrogen-bond acceptors (Lipinski definition) is 5. The van der Waals surface area contributed by atoms with Crippen LogP contribution in [0.5, 0.6) is 0 Å². The van der Waals surface area contributed by atoms with Crippen molar-refractivity contribution >= 4 is 11.8 Å². The Balaban J connectivity index is 2.62. The molecule has 0 bridgehead atoms. The van der Waals surface area contributed by atoms with E-state index in [0.29, 0.717) is 12.4 Å². The molecule has 0 aliphatic carbocycles. The summed E-state index contributed by atoms with van der Waals surface area (Å²) < 4.78 is 13.3. The van der Waals surface area contributed by atoms with Gasteiger partial charge in [-0.3, -0.25) is 0 Å². The van der Waals surface area contributed by atoms with E-state index in [0.717, 1.165) is 19.2 Å². The second kappa shape index (κ2) is 7.01. The van der Waals surface area contributed by atoms with Gasteiger partial charge < -0.3 is 15.7 Å². The zero-order valence-corrected chi connectivity index (χ0v) is 10.2. The van der Waals surface area contributed by atoms with Gasteiger partial charge >= 0.3 is 0 Å². The van der Waals surface area contributed by atoms with Crippen molar-refractivity contribution in [2.45, 2.75) is 32.8 Å². The molecule has 1 unspecified atom stereocenters. The average Bonchev–Trinajstić information content (AvgIpc) is 2.35. The highest BCUT2D eigenvalue weighted by molar-refractivity contribution is 5.41. The van der Waals surface area contributed by atoms with Crippen LogP contribution in [0.3, 0.4) is 0 Å². The number of aliphatic hydroxyl groups is 1. The number of anilines is 2. The molecule has 0 aliphatic heterocycles. The van der Waals surface area contributed by atoms with Crippen LogP contribution in [0.2, 0.25) is 0 Å². The monoisotopic (exact) mass is 242 g/mol. The number of halogens is 1. The molecule has 17 heavy (non-hydrogen) atoms. The standard InChI is InChI=1S/C11H19FN4O/c1-3-5-13-11-15-7-9(12)10(16-11)14-6-8(17)4-2/h7-8,17H,3-6H2,1-2H3,(H2,13,14,15,16). The molecule has 1 aromatic heterocycles. The van der Waals surface area contributed by atoms with Crippen LogP contribution in [0.1, 0.15) is 26.7 Å². The molecule has 0 amide bonds. The summed E-state index contributed by atoms with van der Waals surface area (Å²) in [4.78, 5) is 7.82. The Morgan fingerprint density at radius 3 is 2.82 bits per heavy atom. The van der Waals surface area contributed by atoms with Gasteiger partial charge in [0.1, 0.15) is 0 Å². The molecule has 0 fully saturated rings. The van der Waals surface area contributed by atoms with Crippen molar-refractivity contribution in [2.75, 3.05) is 23.7 Å². The molecule has 1 heterocycles. The van der Waals surface area contributed by atoms with Crippen LogP contribution in [-0.4, -0.2) is 34.3 Å². The van der Waals surface area contributed by atoms with Crippen LogP contribution < -0.4 is 10.6 Å². The summed E-state index contributed by atoms with van der Waals surface area (Å²) in [5.41, 5.74) is 0. The Labute approximate surface area is 100 Å². The van der Waals surface area contributed by atoms with E-state index < -0.39 is 11.9 Å². The fourth-order valence-electron chi connectivity index (χ4n) is 1.17. The minimum atomic E-state index is -0.518. The van der Waals surface area contributed by atoms with E-state index in [1.54, 1.807) is 0 Å². The average molecular weight is 242 g/mol. The fraction of sp³-hybridized carbons (Fsp3) is 0.636. The number of rotatable bonds is 7. The van der Waals surface area contributed by atoms with Gasteiger partial charge in [0.25, 0.3) is 0 Å². The van der Waals surface area contributed by atoms with E-state index in [2.05, 4.69) is 20.6 Å². The maximum Gasteiger partial charge on any atom is 0.224 e. The number of hydrogen-bond donors (Lipinski definition) is 3. The molecular weight excluding hydrogens is 223 g/mol. The van der Waals surface area contributed by atoms with Crippen molar-refractivity contribution < 1.29 is 9.50 Å². The van der Waals surface area contributed by atoms with Crippen molar-refractivity contribution in [1.82, 2.24) is 9.97 Å². The maximum atomic E-state index is 13.3. The molecule has 3 N–H and O–H groups in total. The van der Waals surface area contributed by atoms with Gasteiger partial charge in [-0.15, -0.1) is 0 Å². The quantitative estimate of drug-likeness (QED) is 0.678. The molecule has 1 aromatic rings. The highest BCUT2D eigenvalue weighted by Crippen LogP contribution is 2.12. The molecule has 5 nitrogen and oxygen atoms in total. The second-order valence-corrected chi connectivity index (χ2v) is 3.76. The zero-order valence-electron chi connectivity index (χ0n) is 10.2. The van der Waals surface area contributed by atoms with Crippen molar-refractivity contribution in [1.29, 1.82) is 0 Å². The summed E-state index contributed by atoms with van der Waals surface area (Å²) in [5, 5.41) is 15.1. The van der Waals surface area contributed by atoms with E-state index in [1.807, 2.05) is 13.8 Å². The largest absolute Gasteiger partial charge is 0.391 e. The molecule has 0 spiro atoms. The number of nitrogens with zero attached hydrogens (tertiary/aromatic N) is 2. The SMILES string of the molecule is CCCNc1ncc(F)c(NCC(O)CC)n1. The van der Waals surface area contributed by atoms with Crippen LogP contribution in [0.25, 0.3) is 0 Å². The Morgan fingerprint density at radius 2 is 2.18 bits per heavy atom. The Morgan fingerprint density at radius 1 is 1.41 bits per heavy atom. The molecule has 0 aromatic carbocycles. The zero-order chi connectivity index (χ0) is 12.7. The van der Waals surface area contributed by atoms with Gasteiger partial charge in [0.15, 0.2) is 11.6 Å². The summed E-state index contributed by atoms with van der Waals surface area (Å²) in [6.45, 7) is 4.89. The normalized spacial score (nSPS) is 12.2. The third kappa shape index (κ3) is 4.52. The lowest BCUT2D eigenvalue weighted by Crippen LogP contribution is -2.20. The van der Waals surface area contributed by atoms with E-state index in [9.17, 15) is 9.50 Å². The predicted molar refractivity (Wildman–Crippen MR) is 65.6 cm³/mol. The third-order valence-electron chi connectivity index (χ3n) is 2.25. The highest BCUT2D eigenvalue weighted by atomic mass is 19.1. The molecule has 6 heteroatoms. The van der Waals surface area contributed by atoms with Gasteiger partial charge in [0, 0.05) is 13.1 Å². The van der Waals surface area contributed by atoms with Gasteiger partial charge in [-0.2, -0.15) is 4.98 Å². The molecular formula is C11H19FN4O. The van der Waals surface area contributed by atoms with Crippen LogP contribution in [0, 0.1) is 5.82 Å². The molecule has 96 valence electrons. The van der Waals surface area contributed by atoms with E-state index in [1.165, 1.54) is 0 Å². The summed E-state index contributed by atoms with van der Waals surface area (Å²) in [5.74, 6) is -0.0109. The van der Waals surface area contributed by atoms with Gasteiger partial charge in [0.2, 0.25) is 5.95 Å².